The maximum atomic E-state index is 10.9. The van der Waals surface area contributed by atoms with Crippen molar-refractivity contribution < 1.29 is 19.7 Å². The van der Waals surface area contributed by atoms with Crippen molar-refractivity contribution in [1.29, 1.82) is 5.26 Å². The number of nitrogens with zero attached hydrogens (tertiary/aromatic N) is 1. The molecule has 0 aliphatic carbocycles. The lowest BCUT2D eigenvalue weighted by molar-refractivity contribution is -0.129. The zero-order valence-corrected chi connectivity index (χ0v) is 8.22. The van der Waals surface area contributed by atoms with Crippen LogP contribution >= 0.6 is 0 Å². The van der Waals surface area contributed by atoms with Gasteiger partial charge in [0.15, 0.2) is 6.19 Å². The molecule has 0 aromatic carbocycles. The number of aliphatic hydroxyl groups excluding tert-OH is 2. The Kier molecular flexibility index (Phi) is 4.49. The molecule has 1 amide bonds. The largest absolute Gasteiger partial charge is 0.390 e. The number of nitrogens with one attached hydrogen (secondary N) is 1. The molecular weight excluding hydrogens is 200 g/mol. The highest BCUT2D eigenvalue weighted by atomic mass is 16.5. The van der Waals surface area contributed by atoms with Crippen molar-refractivity contribution in [2.45, 2.75) is 37.6 Å². The topological polar surface area (TPSA) is 103 Å². The molecule has 0 spiro atoms. The van der Waals surface area contributed by atoms with Gasteiger partial charge in [-0.2, -0.15) is 5.26 Å². The molecule has 15 heavy (non-hydrogen) atoms. The van der Waals surface area contributed by atoms with Gasteiger partial charge in [0.25, 0.3) is 0 Å². The van der Waals surface area contributed by atoms with Crippen molar-refractivity contribution in [1.82, 2.24) is 5.32 Å². The number of nitriles is 1. The van der Waals surface area contributed by atoms with E-state index in [1.807, 2.05) is 5.32 Å². The first-order valence-corrected chi connectivity index (χ1v) is 4.79. The van der Waals surface area contributed by atoms with Crippen LogP contribution in [0.1, 0.15) is 19.3 Å². The van der Waals surface area contributed by atoms with Crippen molar-refractivity contribution in [3.05, 3.63) is 0 Å². The second-order valence-electron chi connectivity index (χ2n) is 3.52. The summed E-state index contributed by atoms with van der Waals surface area (Å²) in [5.41, 5.74) is 0. The van der Waals surface area contributed by atoms with E-state index in [2.05, 4.69) is 0 Å². The van der Waals surface area contributed by atoms with Gasteiger partial charge in [-0.15, -0.1) is 0 Å². The number of hydrogen-bond acceptors (Lipinski definition) is 5. The Morgan fingerprint density at radius 2 is 2.27 bits per heavy atom. The summed E-state index contributed by atoms with van der Waals surface area (Å²) in [6.45, 7) is 0.0890. The summed E-state index contributed by atoms with van der Waals surface area (Å²) in [4.78, 5) is 10.9. The molecule has 1 rings (SSSR count). The summed E-state index contributed by atoms with van der Waals surface area (Å²) < 4.78 is 5.22. The molecule has 0 aromatic rings. The van der Waals surface area contributed by atoms with Crippen LogP contribution in [-0.4, -0.2) is 41.0 Å². The second-order valence-corrected chi connectivity index (χ2v) is 3.52. The van der Waals surface area contributed by atoms with Crippen LogP contribution in [0.15, 0.2) is 0 Å². The normalized spacial score (nSPS) is 30.6. The van der Waals surface area contributed by atoms with Gasteiger partial charge < -0.3 is 14.9 Å². The van der Waals surface area contributed by atoms with Gasteiger partial charge in [-0.25, -0.2) is 0 Å². The number of aliphatic hydroxyl groups is 2. The summed E-state index contributed by atoms with van der Waals surface area (Å²) in [6.07, 6.45) is 0.628. The smallest absolute Gasteiger partial charge is 0.233 e. The van der Waals surface area contributed by atoms with E-state index in [0.29, 0.717) is 12.8 Å². The number of carbonyl (C=O) groups excluding carboxylic acids is 1. The minimum atomic E-state index is -0.839. The summed E-state index contributed by atoms with van der Waals surface area (Å²) >= 11 is 0. The second kappa shape index (κ2) is 5.66. The maximum Gasteiger partial charge on any atom is 0.233 e. The van der Waals surface area contributed by atoms with Gasteiger partial charge in [-0.1, -0.05) is 0 Å². The Balaban J connectivity index is 2.23. The van der Waals surface area contributed by atoms with Crippen molar-refractivity contribution in [2.24, 2.45) is 0 Å². The van der Waals surface area contributed by atoms with Crippen LogP contribution in [0.25, 0.3) is 0 Å². The first-order valence-electron chi connectivity index (χ1n) is 4.79. The molecule has 0 radical (unpaired) electrons. The van der Waals surface area contributed by atoms with E-state index in [1.165, 1.54) is 0 Å². The van der Waals surface area contributed by atoms with Crippen molar-refractivity contribution in [3.8, 4) is 6.19 Å². The maximum absolute atomic E-state index is 10.9. The van der Waals surface area contributed by atoms with Gasteiger partial charge in [0.1, 0.15) is 6.10 Å². The molecule has 1 aliphatic heterocycles. The minimum absolute atomic E-state index is 0.0890. The summed E-state index contributed by atoms with van der Waals surface area (Å²) in [6, 6.07) is 0. The van der Waals surface area contributed by atoms with E-state index < -0.39 is 12.2 Å². The number of ether oxygens (including phenoxy) is 1. The van der Waals surface area contributed by atoms with E-state index in [9.17, 15) is 9.90 Å². The Morgan fingerprint density at radius 1 is 1.53 bits per heavy atom. The third-order valence-electron chi connectivity index (χ3n) is 2.34. The number of rotatable bonds is 3. The summed E-state index contributed by atoms with van der Waals surface area (Å²) in [5, 5.41) is 28.7. The SMILES string of the molecule is N#CNC(=O)CCC1CC(O)C(O)CO1. The standard InChI is InChI=1S/C9H14N2O4/c10-5-11-9(14)2-1-6-3-7(12)8(13)4-15-6/h6-8,12-13H,1-4H2,(H,11,14). The molecule has 1 saturated heterocycles. The first kappa shape index (κ1) is 11.9. The summed E-state index contributed by atoms with van der Waals surface area (Å²) in [7, 11) is 0. The molecule has 3 N–H and O–H groups in total. The Hall–Kier alpha value is -1.16. The van der Waals surface area contributed by atoms with Gasteiger partial charge >= 0.3 is 0 Å². The van der Waals surface area contributed by atoms with Gasteiger partial charge in [-0.3, -0.25) is 10.1 Å². The monoisotopic (exact) mass is 214 g/mol. The van der Waals surface area contributed by atoms with E-state index in [1.54, 1.807) is 6.19 Å². The molecule has 0 bridgehead atoms. The molecule has 84 valence electrons. The van der Waals surface area contributed by atoms with Crippen LogP contribution in [0.2, 0.25) is 0 Å². The average molecular weight is 214 g/mol. The molecule has 0 saturated carbocycles. The average Bonchev–Trinajstić information content (AvgIpc) is 2.20. The zero-order chi connectivity index (χ0) is 11.3. The van der Waals surface area contributed by atoms with Crippen LogP contribution in [-0.2, 0) is 9.53 Å². The molecule has 0 aromatic heterocycles. The molecule has 1 aliphatic rings. The Labute approximate surface area is 87.5 Å². The lowest BCUT2D eigenvalue weighted by Gasteiger charge is -2.30. The van der Waals surface area contributed by atoms with Crippen LogP contribution in [0.3, 0.4) is 0 Å². The third kappa shape index (κ3) is 3.83. The molecule has 6 nitrogen and oxygen atoms in total. The number of carbonyl (C=O) groups is 1. The van der Waals surface area contributed by atoms with Crippen molar-refractivity contribution in [2.75, 3.05) is 6.61 Å². The Bertz CT molecular complexity index is 263. The first-order chi connectivity index (χ1) is 7.13. The van der Waals surface area contributed by atoms with Crippen LogP contribution < -0.4 is 5.32 Å². The van der Waals surface area contributed by atoms with Crippen LogP contribution in [0.4, 0.5) is 0 Å². The highest BCUT2D eigenvalue weighted by Gasteiger charge is 2.28. The fourth-order valence-electron chi connectivity index (χ4n) is 1.46. The van der Waals surface area contributed by atoms with Gasteiger partial charge in [-0.05, 0) is 6.42 Å². The lowest BCUT2D eigenvalue weighted by Crippen LogP contribution is -2.41. The van der Waals surface area contributed by atoms with E-state index in [4.69, 9.17) is 15.1 Å². The van der Waals surface area contributed by atoms with Crippen LogP contribution in [0.5, 0.6) is 0 Å². The highest BCUT2D eigenvalue weighted by Crippen LogP contribution is 2.18. The van der Waals surface area contributed by atoms with E-state index in [-0.39, 0.29) is 25.0 Å². The van der Waals surface area contributed by atoms with E-state index >= 15 is 0 Å². The number of amides is 1. The minimum Gasteiger partial charge on any atom is -0.390 e. The molecule has 1 fully saturated rings. The highest BCUT2D eigenvalue weighted by molar-refractivity contribution is 5.77. The fraction of sp³-hybridized carbons (Fsp3) is 0.778. The van der Waals surface area contributed by atoms with Gasteiger partial charge in [0.05, 0.1) is 18.8 Å². The molecule has 3 unspecified atom stereocenters. The lowest BCUT2D eigenvalue weighted by atomic mass is 10.0. The molecule has 6 heteroatoms. The van der Waals surface area contributed by atoms with Gasteiger partial charge in [0.2, 0.25) is 5.91 Å². The summed E-state index contributed by atoms with van der Waals surface area (Å²) in [5.74, 6) is -0.360. The molecular formula is C9H14N2O4. The third-order valence-corrected chi connectivity index (χ3v) is 2.34. The van der Waals surface area contributed by atoms with Crippen molar-refractivity contribution in [3.63, 3.8) is 0 Å². The zero-order valence-electron chi connectivity index (χ0n) is 8.22. The van der Waals surface area contributed by atoms with Crippen LogP contribution in [0, 0.1) is 11.5 Å². The molecule has 1 heterocycles. The quantitative estimate of drug-likeness (QED) is 0.407. The Morgan fingerprint density at radius 3 is 2.87 bits per heavy atom. The fourth-order valence-corrected chi connectivity index (χ4v) is 1.46. The predicted molar refractivity (Wildman–Crippen MR) is 49.4 cm³/mol. The van der Waals surface area contributed by atoms with Gasteiger partial charge in [0, 0.05) is 12.8 Å². The predicted octanol–water partition coefficient (Wildman–Crippen LogP) is -1.13. The molecule has 3 atom stereocenters. The van der Waals surface area contributed by atoms with Crippen molar-refractivity contribution >= 4 is 5.91 Å². The number of hydrogen-bond donors (Lipinski definition) is 3. The van der Waals surface area contributed by atoms with E-state index in [0.717, 1.165) is 0 Å².